The third-order valence-corrected chi connectivity index (χ3v) is 3.76. The van der Waals surface area contributed by atoms with Crippen LogP contribution in [0.15, 0.2) is 47.1 Å². The van der Waals surface area contributed by atoms with E-state index in [1.807, 2.05) is 31.3 Å². The first-order chi connectivity index (χ1) is 11.6. The number of aromatic nitrogens is 4. The van der Waals surface area contributed by atoms with E-state index in [1.165, 1.54) is 12.3 Å². The molecular weight excluding hydrogens is 308 g/mol. The highest BCUT2D eigenvalue weighted by molar-refractivity contribution is 5.87. The highest BCUT2D eigenvalue weighted by Crippen LogP contribution is 2.29. The molecule has 7 heteroatoms. The molecule has 0 spiro atoms. The summed E-state index contributed by atoms with van der Waals surface area (Å²) in [4.78, 5) is 19.3. The minimum Gasteiger partial charge on any atom is -0.477 e. The van der Waals surface area contributed by atoms with Crippen molar-refractivity contribution >= 4 is 17.1 Å². The van der Waals surface area contributed by atoms with Crippen LogP contribution in [0, 0.1) is 6.92 Å². The second kappa shape index (κ2) is 5.31. The number of carbonyl (C=O) groups is 1. The molecule has 3 heterocycles. The van der Waals surface area contributed by atoms with Gasteiger partial charge in [0.2, 0.25) is 5.89 Å². The van der Waals surface area contributed by atoms with E-state index < -0.39 is 5.97 Å². The van der Waals surface area contributed by atoms with Crippen molar-refractivity contribution in [2.75, 3.05) is 0 Å². The molecule has 0 bridgehead atoms. The Morgan fingerprint density at radius 1 is 1.21 bits per heavy atom. The molecule has 3 aromatic heterocycles. The minimum atomic E-state index is -1.09. The standard InChI is InChI=1S/C17H12N4O3/c1-9-12(8-19-21-9)10-2-3-15-13(6-10)20-16(24-15)11-4-5-18-14(7-11)17(22)23/h2-8H,1H3,(H,19,21)(H,22,23). The Hall–Kier alpha value is -3.48. The van der Waals surface area contributed by atoms with E-state index in [0.29, 0.717) is 22.6 Å². The molecule has 118 valence electrons. The van der Waals surface area contributed by atoms with Crippen LogP contribution < -0.4 is 0 Å². The number of pyridine rings is 1. The van der Waals surface area contributed by atoms with Crippen LogP contribution in [-0.2, 0) is 0 Å². The first-order valence-corrected chi connectivity index (χ1v) is 7.23. The Bertz CT molecular complexity index is 1060. The van der Waals surface area contributed by atoms with Gasteiger partial charge in [-0.1, -0.05) is 6.07 Å². The lowest BCUT2D eigenvalue weighted by molar-refractivity contribution is 0.0690. The Morgan fingerprint density at radius 2 is 2.08 bits per heavy atom. The van der Waals surface area contributed by atoms with Crippen molar-refractivity contribution in [1.29, 1.82) is 0 Å². The summed E-state index contributed by atoms with van der Waals surface area (Å²) in [5.74, 6) is -0.735. The second-order valence-electron chi connectivity index (χ2n) is 5.32. The number of carboxylic acid groups (broad SMARTS) is 1. The second-order valence-corrected chi connectivity index (χ2v) is 5.32. The maximum atomic E-state index is 11.0. The van der Waals surface area contributed by atoms with E-state index in [1.54, 1.807) is 6.07 Å². The third kappa shape index (κ3) is 2.32. The number of oxazole rings is 1. The Balaban J connectivity index is 1.80. The average molecular weight is 320 g/mol. The molecule has 0 fully saturated rings. The van der Waals surface area contributed by atoms with Crippen molar-refractivity contribution in [2.24, 2.45) is 0 Å². The third-order valence-electron chi connectivity index (χ3n) is 3.76. The monoisotopic (exact) mass is 320 g/mol. The number of hydrogen-bond donors (Lipinski definition) is 2. The molecule has 0 saturated carbocycles. The van der Waals surface area contributed by atoms with Gasteiger partial charge in [-0.15, -0.1) is 0 Å². The van der Waals surface area contributed by atoms with Gasteiger partial charge in [-0.05, 0) is 36.8 Å². The van der Waals surface area contributed by atoms with Gasteiger partial charge in [0.1, 0.15) is 11.2 Å². The molecule has 0 atom stereocenters. The number of aromatic carboxylic acids is 1. The van der Waals surface area contributed by atoms with Crippen LogP contribution in [-0.4, -0.2) is 31.2 Å². The van der Waals surface area contributed by atoms with Crippen LogP contribution in [0.5, 0.6) is 0 Å². The Morgan fingerprint density at radius 3 is 2.83 bits per heavy atom. The van der Waals surface area contributed by atoms with Gasteiger partial charge in [-0.3, -0.25) is 5.10 Å². The normalized spacial score (nSPS) is 11.0. The van der Waals surface area contributed by atoms with Crippen molar-refractivity contribution in [1.82, 2.24) is 20.2 Å². The zero-order chi connectivity index (χ0) is 16.7. The first kappa shape index (κ1) is 14.1. The molecule has 4 rings (SSSR count). The highest BCUT2D eigenvalue weighted by atomic mass is 16.4. The van der Waals surface area contributed by atoms with Crippen LogP contribution in [0.3, 0.4) is 0 Å². The van der Waals surface area contributed by atoms with Crippen molar-refractivity contribution in [3.05, 3.63) is 54.1 Å². The summed E-state index contributed by atoms with van der Waals surface area (Å²) in [6, 6.07) is 8.79. The summed E-state index contributed by atoms with van der Waals surface area (Å²) in [6.45, 7) is 1.93. The highest BCUT2D eigenvalue weighted by Gasteiger charge is 2.13. The van der Waals surface area contributed by atoms with Gasteiger partial charge in [0.25, 0.3) is 0 Å². The Kier molecular flexibility index (Phi) is 3.13. The van der Waals surface area contributed by atoms with Gasteiger partial charge >= 0.3 is 5.97 Å². The molecule has 0 aliphatic heterocycles. The summed E-state index contributed by atoms with van der Waals surface area (Å²) < 4.78 is 5.74. The molecule has 4 aromatic rings. The quantitative estimate of drug-likeness (QED) is 0.600. The van der Waals surface area contributed by atoms with Gasteiger partial charge in [0.15, 0.2) is 5.58 Å². The number of fused-ring (bicyclic) bond motifs is 1. The molecule has 0 radical (unpaired) electrons. The number of rotatable bonds is 3. The number of nitrogens with zero attached hydrogens (tertiary/aromatic N) is 3. The molecule has 0 aliphatic rings. The van der Waals surface area contributed by atoms with E-state index in [9.17, 15) is 4.79 Å². The molecule has 0 amide bonds. The van der Waals surface area contributed by atoms with Crippen LogP contribution in [0.25, 0.3) is 33.7 Å². The predicted octanol–water partition coefficient (Wildman–Crippen LogP) is 3.29. The number of aryl methyl sites for hydroxylation is 1. The van der Waals surface area contributed by atoms with Gasteiger partial charge in [0, 0.05) is 23.5 Å². The zero-order valence-corrected chi connectivity index (χ0v) is 12.6. The number of hydrogen-bond acceptors (Lipinski definition) is 5. The van der Waals surface area contributed by atoms with Crippen molar-refractivity contribution in [2.45, 2.75) is 6.92 Å². The lowest BCUT2D eigenvalue weighted by Crippen LogP contribution is -1.99. The lowest BCUT2D eigenvalue weighted by atomic mass is 10.1. The summed E-state index contributed by atoms with van der Waals surface area (Å²) >= 11 is 0. The Labute approximate surface area is 136 Å². The van der Waals surface area contributed by atoms with Crippen molar-refractivity contribution in [3.8, 4) is 22.6 Å². The first-order valence-electron chi connectivity index (χ1n) is 7.23. The molecule has 0 unspecified atom stereocenters. The summed E-state index contributed by atoms with van der Waals surface area (Å²) in [6.07, 6.45) is 3.26. The number of carboxylic acids is 1. The fourth-order valence-electron chi connectivity index (χ4n) is 2.55. The van der Waals surface area contributed by atoms with E-state index in [-0.39, 0.29) is 5.69 Å². The van der Waals surface area contributed by atoms with Crippen molar-refractivity contribution in [3.63, 3.8) is 0 Å². The number of benzene rings is 1. The fourth-order valence-corrected chi connectivity index (χ4v) is 2.55. The molecule has 2 N–H and O–H groups in total. The minimum absolute atomic E-state index is 0.0514. The molecular formula is C17H12N4O3. The summed E-state index contributed by atoms with van der Waals surface area (Å²) in [5, 5.41) is 16.0. The van der Waals surface area contributed by atoms with Gasteiger partial charge in [-0.25, -0.2) is 14.8 Å². The summed E-state index contributed by atoms with van der Waals surface area (Å²) in [7, 11) is 0. The topological polar surface area (TPSA) is 105 Å². The maximum Gasteiger partial charge on any atom is 0.354 e. The van der Waals surface area contributed by atoms with Crippen LogP contribution in [0.4, 0.5) is 0 Å². The summed E-state index contributed by atoms with van der Waals surface area (Å²) in [5.41, 5.74) is 4.72. The van der Waals surface area contributed by atoms with Gasteiger partial charge < -0.3 is 9.52 Å². The smallest absolute Gasteiger partial charge is 0.354 e. The maximum absolute atomic E-state index is 11.0. The van der Waals surface area contributed by atoms with Gasteiger partial charge in [-0.2, -0.15) is 5.10 Å². The molecule has 7 nitrogen and oxygen atoms in total. The molecule has 0 saturated heterocycles. The fraction of sp³-hybridized carbons (Fsp3) is 0.0588. The molecule has 0 aliphatic carbocycles. The van der Waals surface area contributed by atoms with Crippen LogP contribution in [0.1, 0.15) is 16.2 Å². The van der Waals surface area contributed by atoms with E-state index in [0.717, 1.165) is 16.8 Å². The number of H-pyrrole nitrogens is 1. The molecule has 24 heavy (non-hydrogen) atoms. The average Bonchev–Trinajstić information content (AvgIpc) is 3.20. The van der Waals surface area contributed by atoms with E-state index in [4.69, 9.17) is 9.52 Å². The van der Waals surface area contributed by atoms with Gasteiger partial charge in [0.05, 0.1) is 5.69 Å². The number of aromatic amines is 1. The molecule has 1 aromatic carbocycles. The van der Waals surface area contributed by atoms with E-state index >= 15 is 0 Å². The van der Waals surface area contributed by atoms with E-state index in [2.05, 4.69) is 20.2 Å². The SMILES string of the molecule is Cc1n[nH]cc1-c1ccc2oc(-c3ccnc(C(=O)O)c3)nc2c1. The predicted molar refractivity (Wildman–Crippen MR) is 86.5 cm³/mol. The number of nitrogens with one attached hydrogen (secondary N) is 1. The zero-order valence-electron chi connectivity index (χ0n) is 12.6. The largest absolute Gasteiger partial charge is 0.477 e. The van der Waals surface area contributed by atoms with Crippen LogP contribution >= 0.6 is 0 Å². The lowest BCUT2D eigenvalue weighted by Gasteiger charge is -1.97. The van der Waals surface area contributed by atoms with Crippen LogP contribution in [0.2, 0.25) is 0 Å². The van der Waals surface area contributed by atoms with Crippen molar-refractivity contribution < 1.29 is 14.3 Å².